The van der Waals surface area contributed by atoms with E-state index in [0.29, 0.717) is 203 Å². The Morgan fingerprint density at radius 2 is 0.734 bits per heavy atom. The lowest BCUT2D eigenvalue weighted by molar-refractivity contribution is -0.134. The smallest absolute Gasteiger partial charge is 0.290 e. The number of amides is 3. The van der Waals surface area contributed by atoms with Crippen LogP contribution in [0.15, 0.2) is 5.10 Å². The summed E-state index contributed by atoms with van der Waals surface area (Å²) >= 11 is 0. The molecule has 0 heterocycles. The fourth-order valence-corrected chi connectivity index (χ4v) is 8.00. The number of rotatable bonds is 66. The maximum Gasteiger partial charge on any atom is 0.290 e. The predicted octanol–water partition coefficient (Wildman–Crippen LogP) is 9.14. The molecule has 0 aliphatic rings. The average molecular weight is 1360 g/mol. The van der Waals surface area contributed by atoms with E-state index < -0.39 is 0 Å². The number of nitrogens with two attached hydrogens (primary N) is 3. The van der Waals surface area contributed by atoms with Gasteiger partial charge in [0, 0.05) is 70.4 Å². The first-order valence-electron chi connectivity index (χ1n) is 35.6. The Labute approximate surface area is 570 Å². The van der Waals surface area contributed by atoms with Crippen molar-refractivity contribution in [2.75, 3.05) is 186 Å². The molecular weight excluding hydrogens is 1210 g/mol. The number of carbonyl (C=O) groups excluding carboxylic acids is 4. The number of carbonyl (C=O) groups is 5. The van der Waals surface area contributed by atoms with Gasteiger partial charge in [0.05, 0.1) is 159 Å². The molecule has 0 bridgehead atoms. The van der Waals surface area contributed by atoms with Crippen molar-refractivity contribution in [3.05, 3.63) is 0 Å². The average Bonchev–Trinajstić information content (AvgIpc) is 2.47. The summed E-state index contributed by atoms with van der Waals surface area (Å²) in [6.07, 6.45) is 25.2. The molecule has 25 nitrogen and oxygen atoms in total. The third-order valence-corrected chi connectivity index (χ3v) is 13.6. The second kappa shape index (κ2) is 83.5. The van der Waals surface area contributed by atoms with Gasteiger partial charge in [0.1, 0.15) is 12.1 Å². The number of hydrazone groups is 1. The number of hydrogen-bond donors (Lipinski definition) is 5. The first kappa shape index (κ1) is 99.0. The number of ether oxygens (including phenoxy) is 12. The fourth-order valence-electron chi connectivity index (χ4n) is 8.00. The van der Waals surface area contributed by atoms with Gasteiger partial charge in [0.15, 0.2) is 0 Å². The Kier molecular flexibility index (Phi) is 87.9. The number of carboxylic acid groups (broad SMARTS) is 1. The molecule has 0 fully saturated rings. The van der Waals surface area contributed by atoms with E-state index in [0.717, 1.165) is 51.2 Å². The largest absolute Gasteiger partial charge is 0.483 e. The van der Waals surface area contributed by atoms with Gasteiger partial charge in [-0.05, 0) is 46.0 Å². The molecule has 2 atom stereocenters. The lowest BCUT2D eigenvalue weighted by atomic mass is 10.0. The summed E-state index contributed by atoms with van der Waals surface area (Å²) in [6.45, 7) is 29.7. The molecule has 8 N–H and O–H groups in total. The van der Waals surface area contributed by atoms with Crippen LogP contribution in [0, 0.1) is 5.41 Å². The molecule has 0 aliphatic heterocycles. The molecule has 0 aliphatic carbocycles. The van der Waals surface area contributed by atoms with Crippen LogP contribution >= 0.6 is 0 Å². The van der Waals surface area contributed by atoms with Crippen LogP contribution in [0.4, 0.5) is 0 Å². The van der Waals surface area contributed by atoms with Crippen molar-refractivity contribution in [2.24, 2.45) is 27.8 Å². The number of amidine groups is 1. The SMILES string of the molecule is CC.CC.CC(C)(C)C=O.CC(N)CCCCNC(=O)CCOCCOCCOCCOCCOCCOCCOCCOCCOCCOCCOCCOCCN(C)C(=O)CCC(C)N(C)C(=O)CCCCCCCCCCCCCCCCC/C(N)=N/N.O=CO. The molecule has 0 radical (unpaired) electrons. The van der Waals surface area contributed by atoms with Crippen LogP contribution in [-0.4, -0.2) is 249 Å². The second-order valence-corrected chi connectivity index (χ2v) is 23.1. The highest BCUT2D eigenvalue weighted by Gasteiger charge is 2.18. The first-order chi connectivity index (χ1) is 45.6. The van der Waals surface area contributed by atoms with E-state index in [1.807, 2.05) is 74.3 Å². The van der Waals surface area contributed by atoms with Gasteiger partial charge in [-0.1, -0.05) is 138 Å². The molecule has 0 saturated heterocycles. The number of hydrogen-bond acceptors (Lipinski definition) is 20. The lowest BCUT2D eigenvalue weighted by Crippen LogP contribution is -2.36. The van der Waals surface area contributed by atoms with Crippen molar-refractivity contribution in [1.29, 1.82) is 0 Å². The minimum absolute atomic E-state index is 0.00106. The van der Waals surface area contributed by atoms with E-state index in [1.165, 1.54) is 77.0 Å². The van der Waals surface area contributed by atoms with E-state index in [1.54, 1.807) is 11.9 Å². The van der Waals surface area contributed by atoms with Crippen molar-refractivity contribution in [3.63, 3.8) is 0 Å². The summed E-state index contributed by atoms with van der Waals surface area (Å²) in [7, 11) is 3.65. The maximum absolute atomic E-state index is 12.8. The molecule has 0 aromatic heterocycles. The van der Waals surface area contributed by atoms with Crippen LogP contribution in [0.3, 0.4) is 0 Å². The van der Waals surface area contributed by atoms with E-state index in [2.05, 4.69) is 10.4 Å². The van der Waals surface area contributed by atoms with Crippen LogP contribution in [0.2, 0.25) is 0 Å². The normalized spacial score (nSPS) is 11.8. The van der Waals surface area contributed by atoms with E-state index in [-0.39, 0.29) is 41.7 Å². The molecule has 25 heteroatoms. The topological polar surface area (TPSA) is 325 Å². The zero-order valence-electron chi connectivity index (χ0n) is 61.4. The van der Waals surface area contributed by atoms with Crippen LogP contribution < -0.4 is 22.6 Å². The molecule has 0 aromatic carbocycles. The Bertz CT molecular complexity index is 1590. The minimum atomic E-state index is -0.250. The Balaban J connectivity index is -0.00000186. The predicted molar refractivity (Wildman–Crippen MR) is 375 cm³/mol. The van der Waals surface area contributed by atoms with Crippen LogP contribution in [-0.2, 0) is 80.8 Å². The first-order valence-corrected chi connectivity index (χ1v) is 35.6. The molecule has 3 amide bonds. The highest BCUT2D eigenvalue weighted by molar-refractivity contribution is 5.79. The fraction of sp³-hybridized carbons (Fsp3) is 0.913. The Morgan fingerprint density at radius 3 is 1.03 bits per heavy atom. The number of nitrogens with one attached hydrogen (secondary N) is 1. The van der Waals surface area contributed by atoms with Gasteiger partial charge in [-0.3, -0.25) is 19.2 Å². The van der Waals surface area contributed by atoms with Gasteiger partial charge in [-0.25, -0.2) is 0 Å². The molecule has 0 rings (SSSR count). The van der Waals surface area contributed by atoms with Crippen LogP contribution in [0.25, 0.3) is 0 Å². The molecule has 94 heavy (non-hydrogen) atoms. The zero-order valence-corrected chi connectivity index (χ0v) is 61.4. The van der Waals surface area contributed by atoms with E-state index in [9.17, 15) is 19.2 Å². The summed E-state index contributed by atoms with van der Waals surface area (Å²) in [5, 5.41) is 13.3. The highest BCUT2D eigenvalue weighted by atomic mass is 16.6. The molecule has 0 saturated carbocycles. The minimum Gasteiger partial charge on any atom is -0.483 e. The van der Waals surface area contributed by atoms with Crippen LogP contribution in [0.5, 0.6) is 0 Å². The third kappa shape index (κ3) is 88.3. The van der Waals surface area contributed by atoms with Gasteiger partial charge in [-0.15, -0.1) is 0 Å². The zero-order chi connectivity index (χ0) is 71.1. The van der Waals surface area contributed by atoms with Gasteiger partial charge in [-0.2, -0.15) is 5.10 Å². The second-order valence-electron chi connectivity index (χ2n) is 23.1. The molecule has 0 aromatic rings. The van der Waals surface area contributed by atoms with Gasteiger partial charge in [0.25, 0.3) is 6.47 Å². The Hall–Kier alpha value is -3.70. The summed E-state index contributed by atoms with van der Waals surface area (Å²) in [5.41, 5.74) is 11.2. The number of unbranched alkanes of at least 4 members (excludes halogenated alkanes) is 15. The monoisotopic (exact) mass is 1360 g/mol. The number of aldehydes is 1. The molecule has 562 valence electrons. The third-order valence-electron chi connectivity index (χ3n) is 13.6. The van der Waals surface area contributed by atoms with Crippen LogP contribution in [0.1, 0.15) is 210 Å². The Morgan fingerprint density at radius 1 is 0.447 bits per heavy atom. The van der Waals surface area contributed by atoms with Gasteiger partial charge >= 0.3 is 0 Å². The van der Waals surface area contributed by atoms with E-state index in [4.69, 9.17) is 84.1 Å². The summed E-state index contributed by atoms with van der Waals surface area (Å²) in [6, 6.07) is 0.217. The molecule has 2 unspecified atom stereocenters. The standard InChI is InChI=1S/C59H119N7O15.C5H10O.2C2H6.CH2O2/c1-54(60)22-20-21-28-63-57(67)27-30-70-32-34-72-36-38-74-40-42-76-44-46-78-48-50-80-52-53-81-51-49-79-47-45-77-43-41-75-39-37-73-35-33-71-31-29-65(3)58(68)26-25-55(2)66(4)59(69)24-19-17-15-13-11-9-7-5-6-8-10-12-14-16-18-23-56(61)64-62;1-5(2,3)4-6;2*1-2;2-1-3/h54-55H,5-53,60,62H2,1-4H3,(H2,61,64)(H,63,67);4H,1-3H3;2*1-2H3;1H,(H,2,3). The summed E-state index contributed by atoms with van der Waals surface area (Å²) < 4.78 is 66.4. The van der Waals surface area contributed by atoms with Gasteiger partial charge < -0.3 is 99.2 Å². The molecule has 0 spiro atoms. The van der Waals surface area contributed by atoms with Crippen molar-refractivity contribution in [3.8, 4) is 0 Å². The number of nitrogens with zero attached hydrogens (tertiary/aromatic N) is 3. The quantitative estimate of drug-likeness (QED) is 0.00946. The maximum atomic E-state index is 12.8. The molecular formula is C69H143N7O18. The van der Waals surface area contributed by atoms with Crippen molar-refractivity contribution in [2.45, 2.75) is 222 Å². The van der Waals surface area contributed by atoms with Gasteiger partial charge in [0.2, 0.25) is 17.7 Å². The lowest BCUT2D eigenvalue weighted by Gasteiger charge is -2.26. The number of likely N-dealkylation sites (N-methyl/N-ethyl adjacent to an activating group) is 1. The highest BCUT2D eigenvalue weighted by Crippen LogP contribution is 2.16. The summed E-state index contributed by atoms with van der Waals surface area (Å²) in [5.74, 6) is 5.94. The van der Waals surface area contributed by atoms with Crippen molar-refractivity contribution < 1.29 is 85.9 Å². The van der Waals surface area contributed by atoms with E-state index >= 15 is 0 Å². The van der Waals surface area contributed by atoms with Crippen molar-refractivity contribution in [1.82, 2.24) is 15.1 Å². The summed E-state index contributed by atoms with van der Waals surface area (Å²) in [4.78, 5) is 59.0. The van der Waals surface area contributed by atoms with Crippen molar-refractivity contribution >= 4 is 36.3 Å².